The molecule has 6 heteroatoms. The van der Waals surface area contributed by atoms with Gasteiger partial charge in [-0.3, -0.25) is 4.79 Å². The summed E-state index contributed by atoms with van der Waals surface area (Å²) in [4.78, 5) is 12.3. The molecule has 5 nitrogen and oxygen atoms in total. The zero-order chi connectivity index (χ0) is 25.0. The normalized spacial score (nSPS) is 16.2. The van der Waals surface area contributed by atoms with Crippen molar-refractivity contribution >= 4 is 21.9 Å². The van der Waals surface area contributed by atoms with Gasteiger partial charge in [0.05, 0.1) is 18.8 Å². The average molecular weight is 528 g/mol. The molecule has 1 aromatic rings. The molecule has 0 spiro atoms. The van der Waals surface area contributed by atoms with E-state index in [0.717, 1.165) is 22.0 Å². The van der Waals surface area contributed by atoms with Crippen LogP contribution in [0, 0.1) is 5.92 Å². The molecule has 0 amide bonds. The molecule has 0 aromatic heterocycles. The Morgan fingerprint density at radius 2 is 1.82 bits per heavy atom. The van der Waals surface area contributed by atoms with E-state index in [1.54, 1.807) is 21.3 Å². The summed E-state index contributed by atoms with van der Waals surface area (Å²) in [6, 6.07) is 8.16. The lowest BCUT2D eigenvalue weighted by Gasteiger charge is -2.37. The Morgan fingerprint density at radius 1 is 1.12 bits per heavy atom. The van der Waals surface area contributed by atoms with Gasteiger partial charge >= 0.3 is 5.97 Å². The number of rotatable bonds is 15. The van der Waals surface area contributed by atoms with Crippen molar-refractivity contribution in [2.45, 2.75) is 84.0 Å². The highest BCUT2D eigenvalue weighted by atomic mass is 79.9. The van der Waals surface area contributed by atoms with Crippen molar-refractivity contribution in [2.75, 3.05) is 27.9 Å². The molecule has 1 rings (SSSR count). The minimum absolute atomic E-state index is 0.0858. The maximum absolute atomic E-state index is 12.3. The first kappa shape index (κ1) is 29.8. The predicted octanol–water partition coefficient (Wildman–Crippen LogP) is 6.48. The Morgan fingerprint density at radius 3 is 2.33 bits per heavy atom. The molecule has 0 unspecified atom stereocenters. The SMILES string of the molecule is CCC(=O)O[C@@H](C[C@@H](C[C@H](OC)/C(C)=C\[C@@H](CC)COC)OC)C(C)(C)c1cccc(Br)c1. The van der Waals surface area contributed by atoms with Gasteiger partial charge in [0, 0.05) is 56.4 Å². The minimum Gasteiger partial charge on any atom is -0.461 e. The molecule has 0 radical (unpaired) electrons. The lowest BCUT2D eigenvalue weighted by Crippen LogP contribution is -2.41. The van der Waals surface area contributed by atoms with Gasteiger partial charge in [0.15, 0.2) is 0 Å². The van der Waals surface area contributed by atoms with Crippen LogP contribution in [0.3, 0.4) is 0 Å². The van der Waals surface area contributed by atoms with Crippen molar-refractivity contribution in [3.8, 4) is 0 Å². The zero-order valence-corrected chi connectivity index (χ0v) is 23.2. The van der Waals surface area contributed by atoms with Crippen molar-refractivity contribution < 1.29 is 23.7 Å². The number of carbonyl (C=O) groups is 1. The number of halogens is 1. The predicted molar refractivity (Wildman–Crippen MR) is 138 cm³/mol. The van der Waals surface area contributed by atoms with E-state index >= 15 is 0 Å². The van der Waals surface area contributed by atoms with Gasteiger partial charge in [-0.15, -0.1) is 0 Å². The molecular weight excluding hydrogens is 484 g/mol. The lowest BCUT2D eigenvalue weighted by molar-refractivity contribution is -0.154. The van der Waals surface area contributed by atoms with Crippen LogP contribution >= 0.6 is 15.9 Å². The van der Waals surface area contributed by atoms with Crippen LogP contribution in [0.1, 0.15) is 65.9 Å². The number of ether oxygens (including phenoxy) is 4. The fraction of sp³-hybridized carbons (Fsp3) is 0.667. The number of benzene rings is 1. The van der Waals surface area contributed by atoms with Gasteiger partial charge in [-0.1, -0.05) is 61.8 Å². The van der Waals surface area contributed by atoms with Crippen molar-refractivity contribution in [1.82, 2.24) is 0 Å². The Balaban J connectivity index is 3.12. The highest BCUT2D eigenvalue weighted by Gasteiger charge is 2.37. The summed E-state index contributed by atoms with van der Waals surface area (Å²) in [5, 5.41) is 0. The third kappa shape index (κ3) is 9.51. The largest absolute Gasteiger partial charge is 0.461 e. The molecule has 1 aromatic carbocycles. The van der Waals surface area contributed by atoms with Crippen molar-refractivity contribution in [3.05, 3.63) is 46.0 Å². The second kappa shape index (κ2) is 14.9. The summed E-state index contributed by atoms with van der Waals surface area (Å²) in [7, 11) is 5.17. The number of carbonyl (C=O) groups excluding carboxylic acids is 1. The molecule has 0 saturated heterocycles. The van der Waals surface area contributed by atoms with Crippen LogP contribution in [0.4, 0.5) is 0 Å². The molecule has 0 aliphatic rings. The third-order valence-corrected chi connectivity index (χ3v) is 6.91. The molecule has 0 aliphatic heterocycles. The van der Waals surface area contributed by atoms with Gasteiger partial charge in [-0.2, -0.15) is 0 Å². The molecular formula is C27H43BrO5. The molecule has 33 heavy (non-hydrogen) atoms. The van der Waals surface area contributed by atoms with E-state index in [9.17, 15) is 4.79 Å². The van der Waals surface area contributed by atoms with Gasteiger partial charge in [0.2, 0.25) is 0 Å². The highest BCUT2D eigenvalue weighted by Crippen LogP contribution is 2.35. The van der Waals surface area contributed by atoms with E-state index in [4.69, 9.17) is 18.9 Å². The van der Waals surface area contributed by atoms with E-state index in [-0.39, 0.29) is 24.3 Å². The van der Waals surface area contributed by atoms with Crippen molar-refractivity contribution in [3.63, 3.8) is 0 Å². The Labute approximate surface area is 209 Å². The van der Waals surface area contributed by atoms with Crippen LogP contribution in [0.15, 0.2) is 40.4 Å². The summed E-state index contributed by atoms with van der Waals surface area (Å²) in [5.41, 5.74) is 1.87. The molecule has 4 atom stereocenters. The standard InChI is InChI=1S/C27H43BrO5/c1-9-20(18-30-6)14-19(3)24(32-8)16-23(31-7)17-25(33-26(29)10-2)27(4,5)21-12-11-13-22(28)15-21/h11-15,20,23-25H,9-10,16-18H2,1-8H3/b19-14-/t20-,23-,24+,25+/m1/s1. The smallest absolute Gasteiger partial charge is 0.305 e. The van der Waals surface area contributed by atoms with Crippen LogP contribution in [0.25, 0.3) is 0 Å². The topological polar surface area (TPSA) is 54.0 Å². The van der Waals surface area contributed by atoms with E-state index in [0.29, 0.717) is 31.8 Å². The summed E-state index contributed by atoms with van der Waals surface area (Å²) >= 11 is 3.56. The van der Waals surface area contributed by atoms with Crippen LogP contribution < -0.4 is 0 Å². The van der Waals surface area contributed by atoms with Gasteiger partial charge < -0.3 is 18.9 Å². The number of methoxy groups -OCH3 is 3. The molecule has 0 bridgehead atoms. The van der Waals surface area contributed by atoms with Crippen LogP contribution in [0.2, 0.25) is 0 Å². The first-order chi connectivity index (χ1) is 15.6. The molecule has 0 aliphatic carbocycles. The lowest BCUT2D eigenvalue weighted by atomic mass is 9.76. The Bertz CT molecular complexity index is 746. The van der Waals surface area contributed by atoms with Gasteiger partial charge in [0.25, 0.3) is 0 Å². The third-order valence-electron chi connectivity index (χ3n) is 6.42. The van der Waals surface area contributed by atoms with E-state index < -0.39 is 5.41 Å². The maximum Gasteiger partial charge on any atom is 0.305 e. The summed E-state index contributed by atoms with van der Waals surface area (Å²) in [6.45, 7) is 11.0. The number of esters is 1. The van der Waals surface area contributed by atoms with Crippen molar-refractivity contribution in [2.24, 2.45) is 5.92 Å². The van der Waals surface area contributed by atoms with E-state index in [1.807, 2.05) is 19.1 Å². The molecule has 188 valence electrons. The molecule has 0 fully saturated rings. The maximum atomic E-state index is 12.3. The number of hydrogen-bond acceptors (Lipinski definition) is 5. The monoisotopic (exact) mass is 526 g/mol. The molecule has 0 N–H and O–H groups in total. The first-order valence-corrected chi connectivity index (χ1v) is 12.6. The van der Waals surface area contributed by atoms with Crippen LogP contribution in [0.5, 0.6) is 0 Å². The fourth-order valence-corrected chi connectivity index (χ4v) is 4.42. The zero-order valence-electron chi connectivity index (χ0n) is 21.7. The quantitative estimate of drug-likeness (QED) is 0.193. The average Bonchev–Trinajstić information content (AvgIpc) is 2.80. The first-order valence-electron chi connectivity index (χ1n) is 11.8. The molecule has 0 heterocycles. The summed E-state index contributed by atoms with van der Waals surface area (Å²) in [5.74, 6) is 0.144. The molecule has 0 saturated carbocycles. The van der Waals surface area contributed by atoms with Gasteiger partial charge in [-0.25, -0.2) is 0 Å². The fourth-order valence-electron chi connectivity index (χ4n) is 4.02. The van der Waals surface area contributed by atoms with Crippen LogP contribution in [-0.2, 0) is 29.2 Å². The Kier molecular flexibility index (Phi) is 13.5. The van der Waals surface area contributed by atoms with E-state index in [2.05, 4.69) is 61.8 Å². The summed E-state index contributed by atoms with van der Waals surface area (Å²) in [6.07, 6.45) is 4.26. The second-order valence-electron chi connectivity index (χ2n) is 9.15. The minimum atomic E-state index is -0.398. The van der Waals surface area contributed by atoms with Gasteiger partial charge in [0.1, 0.15) is 6.10 Å². The van der Waals surface area contributed by atoms with Gasteiger partial charge in [-0.05, 0) is 36.6 Å². The second-order valence-corrected chi connectivity index (χ2v) is 10.1. The highest BCUT2D eigenvalue weighted by molar-refractivity contribution is 9.10. The van der Waals surface area contributed by atoms with Crippen molar-refractivity contribution in [1.29, 1.82) is 0 Å². The summed E-state index contributed by atoms with van der Waals surface area (Å²) < 4.78 is 24.0. The Hall–Kier alpha value is -1.21. The van der Waals surface area contributed by atoms with Crippen LogP contribution in [-0.4, -0.2) is 52.2 Å². The number of hydrogen-bond donors (Lipinski definition) is 0. The van der Waals surface area contributed by atoms with E-state index in [1.165, 1.54) is 0 Å².